The number of amides is 1. The van der Waals surface area contributed by atoms with E-state index in [0.29, 0.717) is 40.4 Å². The van der Waals surface area contributed by atoms with Gasteiger partial charge in [-0.3, -0.25) is 14.5 Å². The largest absolute Gasteiger partial charge is 0.503 e. The van der Waals surface area contributed by atoms with Crippen LogP contribution in [0.15, 0.2) is 80.9 Å². The van der Waals surface area contributed by atoms with Gasteiger partial charge >= 0.3 is 0 Å². The number of unbranched alkanes of at least 4 members (excludes halogenated alkanes) is 2. The minimum Gasteiger partial charge on any atom is -0.503 e. The van der Waals surface area contributed by atoms with Gasteiger partial charge in [-0.05, 0) is 60.9 Å². The van der Waals surface area contributed by atoms with Gasteiger partial charge in [-0.2, -0.15) is 0 Å². The average molecular weight is 624 g/mol. The number of aliphatic hydroxyl groups is 1. The predicted octanol–water partition coefficient (Wildman–Crippen LogP) is 7.31. The molecule has 0 saturated heterocycles. The third-order valence-electron chi connectivity index (χ3n) is 6.66. The molecule has 1 unspecified atom stereocenters. The number of aliphatic hydroxyl groups excluding tert-OH is 1. The first-order chi connectivity index (χ1) is 20.9. The molecule has 0 radical (unpaired) electrons. The molecule has 2 aromatic carbocycles. The first-order valence-electron chi connectivity index (χ1n) is 13.9. The molecular formula is C31H30FN3O6S2. The van der Waals surface area contributed by atoms with Gasteiger partial charge in [-0.15, -0.1) is 10.2 Å². The van der Waals surface area contributed by atoms with Crippen LogP contribution in [0.2, 0.25) is 0 Å². The van der Waals surface area contributed by atoms with E-state index in [9.17, 15) is 19.1 Å². The van der Waals surface area contributed by atoms with Gasteiger partial charge in [0.15, 0.2) is 27.4 Å². The molecule has 224 valence electrons. The highest BCUT2D eigenvalue weighted by molar-refractivity contribution is 8.00. The summed E-state index contributed by atoms with van der Waals surface area (Å²) in [5.41, 5.74) is 1.26. The molecule has 0 aliphatic carbocycles. The molecule has 1 atom stereocenters. The molecular weight excluding hydrogens is 593 g/mol. The minimum atomic E-state index is -1.04. The molecule has 0 saturated carbocycles. The Balaban J connectivity index is 1.49. The van der Waals surface area contributed by atoms with Gasteiger partial charge in [0.1, 0.15) is 5.82 Å². The lowest BCUT2D eigenvalue weighted by molar-refractivity contribution is -0.117. The zero-order valence-corrected chi connectivity index (χ0v) is 25.3. The van der Waals surface area contributed by atoms with Crippen molar-refractivity contribution in [1.82, 2.24) is 10.2 Å². The van der Waals surface area contributed by atoms with Crippen molar-refractivity contribution in [2.75, 3.05) is 18.1 Å². The van der Waals surface area contributed by atoms with E-state index >= 15 is 0 Å². The number of hydrogen-bond acceptors (Lipinski definition) is 10. The van der Waals surface area contributed by atoms with Gasteiger partial charge in [0, 0.05) is 5.75 Å². The Morgan fingerprint density at radius 3 is 2.63 bits per heavy atom. The summed E-state index contributed by atoms with van der Waals surface area (Å²) in [7, 11) is 0. The highest BCUT2D eigenvalue weighted by Gasteiger charge is 2.47. The van der Waals surface area contributed by atoms with E-state index < -0.39 is 23.5 Å². The fraction of sp³-hybridized carbons (Fsp3) is 0.290. The van der Waals surface area contributed by atoms with Gasteiger partial charge in [0.05, 0.1) is 31.1 Å². The van der Waals surface area contributed by atoms with Crippen LogP contribution in [0, 0.1) is 5.82 Å². The molecule has 1 aliphatic heterocycles. The van der Waals surface area contributed by atoms with Crippen molar-refractivity contribution < 1.29 is 33.0 Å². The van der Waals surface area contributed by atoms with Crippen molar-refractivity contribution in [3.8, 4) is 11.5 Å². The maximum Gasteiger partial charge on any atom is 0.296 e. The van der Waals surface area contributed by atoms with Gasteiger partial charge < -0.3 is 19.0 Å². The summed E-state index contributed by atoms with van der Waals surface area (Å²) in [6.07, 6.45) is 4.34. The predicted molar refractivity (Wildman–Crippen MR) is 161 cm³/mol. The molecule has 0 bridgehead atoms. The third-order valence-corrected chi connectivity index (χ3v) is 8.79. The normalized spacial score (nSPS) is 14.9. The number of carbonyl (C=O) groups excluding carboxylic acids is 2. The minimum absolute atomic E-state index is 0.0186. The van der Waals surface area contributed by atoms with Crippen LogP contribution >= 0.6 is 23.1 Å². The topological polar surface area (TPSA) is 115 Å². The van der Waals surface area contributed by atoms with Crippen LogP contribution in [0.4, 0.5) is 9.52 Å². The van der Waals surface area contributed by atoms with Gasteiger partial charge in [0.2, 0.25) is 10.9 Å². The molecule has 0 fully saturated rings. The Morgan fingerprint density at radius 1 is 1.09 bits per heavy atom. The van der Waals surface area contributed by atoms with E-state index in [0.717, 1.165) is 36.2 Å². The molecule has 0 spiro atoms. The zero-order chi connectivity index (χ0) is 30.3. The first kappa shape index (κ1) is 30.3. The van der Waals surface area contributed by atoms with Crippen molar-refractivity contribution >= 4 is 39.9 Å². The summed E-state index contributed by atoms with van der Waals surface area (Å²) in [6, 6.07) is 13.3. The molecule has 12 heteroatoms. The van der Waals surface area contributed by atoms with E-state index in [-0.39, 0.29) is 22.3 Å². The molecule has 1 N–H and O–H groups in total. The standard InChI is InChI=1S/C31H30FN3O6S2/c1-3-5-6-15-40-22-14-11-20(17-24(22)39-4-2)26-25(27(36)23-8-7-16-41-23)28(37)29(38)35(26)30-33-34-31(43-30)42-18-19-9-12-21(32)13-10-19/h7-14,16-17,26,37H,3-6,15,18H2,1-2H3. The van der Waals surface area contributed by atoms with Gasteiger partial charge in [-0.25, -0.2) is 4.39 Å². The number of benzene rings is 2. The highest BCUT2D eigenvalue weighted by Crippen LogP contribution is 2.45. The maximum absolute atomic E-state index is 13.6. The fourth-order valence-electron chi connectivity index (χ4n) is 4.59. The molecule has 4 aromatic rings. The molecule has 5 rings (SSSR count). The van der Waals surface area contributed by atoms with Crippen molar-refractivity contribution in [3.63, 3.8) is 0 Å². The SMILES string of the molecule is CCCCCOc1ccc(C2C(C(=O)c3ccco3)=C(O)C(=O)N2c2nnc(SCc3ccc(F)cc3)s2)cc1OCC. The molecule has 2 aromatic heterocycles. The van der Waals surface area contributed by atoms with Crippen LogP contribution in [0.5, 0.6) is 11.5 Å². The fourth-order valence-corrected chi connectivity index (χ4v) is 6.41. The maximum atomic E-state index is 13.6. The number of hydrogen-bond donors (Lipinski definition) is 1. The number of nitrogens with zero attached hydrogens (tertiary/aromatic N) is 3. The van der Waals surface area contributed by atoms with Crippen LogP contribution in [-0.2, 0) is 10.5 Å². The van der Waals surface area contributed by atoms with E-state index in [4.69, 9.17) is 13.9 Å². The smallest absolute Gasteiger partial charge is 0.296 e. The number of Topliss-reactive ketones (excluding diaryl/α,β-unsaturated/α-hetero) is 1. The summed E-state index contributed by atoms with van der Waals surface area (Å²) in [5.74, 6) is -0.945. The Morgan fingerprint density at radius 2 is 1.91 bits per heavy atom. The number of ether oxygens (including phenoxy) is 2. The van der Waals surface area contributed by atoms with Crippen molar-refractivity contribution in [1.29, 1.82) is 0 Å². The Bertz CT molecular complexity index is 1600. The number of carbonyl (C=O) groups is 2. The lowest BCUT2D eigenvalue weighted by Crippen LogP contribution is -2.31. The Kier molecular flexibility index (Phi) is 9.78. The number of halogens is 1. The summed E-state index contributed by atoms with van der Waals surface area (Å²) >= 11 is 2.52. The quantitative estimate of drug-likeness (QED) is 0.0668. The van der Waals surface area contributed by atoms with Crippen molar-refractivity contribution in [2.24, 2.45) is 0 Å². The lowest BCUT2D eigenvalue weighted by Gasteiger charge is -2.24. The van der Waals surface area contributed by atoms with Crippen LogP contribution in [0.1, 0.15) is 60.8 Å². The van der Waals surface area contributed by atoms with Gasteiger partial charge in [0.25, 0.3) is 5.91 Å². The Hall–Kier alpha value is -4.16. The van der Waals surface area contributed by atoms with Crippen LogP contribution < -0.4 is 14.4 Å². The summed E-state index contributed by atoms with van der Waals surface area (Å²) in [5, 5.41) is 19.7. The summed E-state index contributed by atoms with van der Waals surface area (Å²) < 4.78 is 31.0. The highest BCUT2D eigenvalue weighted by atomic mass is 32.2. The summed E-state index contributed by atoms with van der Waals surface area (Å²) in [6.45, 7) is 4.85. The summed E-state index contributed by atoms with van der Waals surface area (Å²) in [4.78, 5) is 28.4. The van der Waals surface area contributed by atoms with E-state index in [1.54, 1.807) is 36.4 Å². The van der Waals surface area contributed by atoms with Crippen molar-refractivity contribution in [3.05, 3.63) is 94.9 Å². The third kappa shape index (κ3) is 6.75. The second-order valence-electron chi connectivity index (χ2n) is 9.61. The number of aromatic nitrogens is 2. The van der Waals surface area contributed by atoms with Crippen LogP contribution in [0.25, 0.3) is 0 Å². The lowest BCUT2D eigenvalue weighted by atomic mass is 9.95. The van der Waals surface area contributed by atoms with E-state index in [1.165, 1.54) is 41.1 Å². The second-order valence-corrected chi connectivity index (χ2v) is 11.8. The average Bonchev–Trinajstić information content (AvgIpc) is 3.76. The second kappa shape index (κ2) is 13.9. The number of rotatable bonds is 14. The Labute approximate surface area is 256 Å². The monoisotopic (exact) mass is 623 g/mol. The van der Waals surface area contributed by atoms with E-state index in [1.807, 2.05) is 6.92 Å². The van der Waals surface area contributed by atoms with Crippen molar-refractivity contribution in [2.45, 2.75) is 49.2 Å². The molecule has 43 heavy (non-hydrogen) atoms. The van der Waals surface area contributed by atoms with Gasteiger partial charge in [-0.1, -0.05) is 61.1 Å². The number of thioether (sulfide) groups is 1. The number of ketones is 1. The molecule has 3 heterocycles. The number of furan rings is 1. The van der Waals surface area contributed by atoms with E-state index in [2.05, 4.69) is 17.1 Å². The van der Waals surface area contributed by atoms with Crippen LogP contribution in [0.3, 0.4) is 0 Å². The zero-order valence-electron chi connectivity index (χ0n) is 23.6. The molecule has 1 amide bonds. The van der Waals surface area contributed by atoms with Crippen LogP contribution in [-0.4, -0.2) is 40.2 Å². The molecule has 1 aliphatic rings. The molecule has 9 nitrogen and oxygen atoms in total. The number of anilines is 1. The first-order valence-corrected chi connectivity index (χ1v) is 15.7.